The van der Waals surface area contributed by atoms with Crippen LogP contribution >= 0.6 is 0 Å². The average molecular weight is 1490 g/mol. The van der Waals surface area contributed by atoms with E-state index in [2.05, 4.69) is 83.2 Å². The van der Waals surface area contributed by atoms with Gasteiger partial charge in [-0.25, -0.2) is 0 Å². The first-order valence-electron chi connectivity index (χ1n) is 43.1. The van der Waals surface area contributed by atoms with Crippen molar-refractivity contribution in [1.82, 2.24) is 0 Å². The Morgan fingerprint density at radius 2 is 0.802 bits per heavy atom. The first-order valence-corrected chi connectivity index (χ1v) is 43.1. The third-order valence-corrected chi connectivity index (χ3v) is 20.9. The van der Waals surface area contributed by atoms with Crippen LogP contribution in [-0.2, 0) is 76.3 Å². The predicted molar refractivity (Wildman–Crippen MR) is 426 cm³/mol. The first-order chi connectivity index (χ1) is 51.8. The molecule has 2 aliphatic rings. The summed E-state index contributed by atoms with van der Waals surface area (Å²) < 4.78 is 43.4. The summed E-state index contributed by atoms with van der Waals surface area (Å²) >= 11 is 0. The van der Waals surface area contributed by atoms with E-state index in [1.54, 1.807) is 0 Å². The molecule has 0 N–H and O–H groups in total. The SMILES string of the molecule is CCCCCCCCCCC(CCCCCCCC)COC(=O)C(C)C(/C=C/C=C\CCCCCCCC(=O)OCC(COC(=O)CCCCCCC/C=C\C/C=C\C=C\C(CC)C1CC(=O)OCOC1=O)OC(=O)CCCCCC/C=C/C(CCCCCCCC)C1CC(=O)OCOC1=O)CCCCC. The highest BCUT2D eigenvalue weighted by molar-refractivity contribution is 5.82. The molecule has 106 heavy (non-hydrogen) atoms. The minimum absolute atomic E-state index is 0.0196. The van der Waals surface area contributed by atoms with Gasteiger partial charge in [-0.15, -0.1) is 0 Å². The number of ether oxygens (including phenoxy) is 8. The fraction of sp³-hybridized carbons (Fsp3) is 0.778. The molecular weight excluding hydrogens is 1340 g/mol. The summed E-state index contributed by atoms with van der Waals surface area (Å²) in [5, 5.41) is 0. The largest absolute Gasteiger partial charge is 0.465 e. The monoisotopic (exact) mass is 1490 g/mol. The Balaban J connectivity index is 1.86. The van der Waals surface area contributed by atoms with Crippen LogP contribution in [0.25, 0.3) is 0 Å². The molecule has 0 radical (unpaired) electrons. The Kier molecular flexibility index (Phi) is 62.2. The number of carbonyl (C=O) groups is 8. The maximum Gasteiger partial charge on any atom is 0.313 e. The molecule has 2 fully saturated rings. The van der Waals surface area contributed by atoms with Gasteiger partial charge in [0.15, 0.2) is 6.10 Å². The van der Waals surface area contributed by atoms with Crippen molar-refractivity contribution in [3.63, 3.8) is 0 Å². The zero-order valence-corrected chi connectivity index (χ0v) is 67.7. The zero-order valence-electron chi connectivity index (χ0n) is 67.7. The number of carbonyl (C=O) groups excluding carboxylic acids is 8. The Morgan fingerprint density at radius 3 is 1.32 bits per heavy atom. The minimum atomic E-state index is -0.926. The molecule has 2 heterocycles. The molecule has 0 aliphatic carbocycles. The van der Waals surface area contributed by atoms with Crippen LogP contribution in [0.3, 0.4) is 0 Å². The van der Waals surface area contributed by atoms with Crippen molar-refractivity contribution in [3.8, 4) is 0 Å². The van der Waals surface area contributed by atoms with E-state index in [1.165, 1.54) is 109 Å². The number of unbranched alkanes of at least 4 members (excludes halogenated alkanes) is 33. The van der Waals surface area contributed by atoms with E-state index in [0.29, 0.717) is 38.2 Å². The number of rotatable bonds is 69. The Bertz CT molecular complexity index is 2460. The quantitative estimate of drug-likeness (QED) is 0.0182. The predicted octanol–water partition coefficient (Wildman–Crippen LogP) is 23.3. The van der Waals surface area contributed by atoms with Crippen LogP contribution in [-0.4, -0.2) is 87.3 Å². The topological polar surface area (TPSA) is 210 Å². The molecule has 0 bridgehead atoms. The van der Waals surface area contributed by atoms with Gasteiger partial charge in [-0.2, -0.15) is 0 Å². The van der Waals surface area contributed by atoms with Crippen LogP contribution in [0, 0.1) is 41.4 Å². The Labute approximate surface area is 643 Å². The molecule has 0 aromatic rings. The van der Waals surface area contributed by atoms with Gasteiger partial charge in [0.1, 0.15) is 13.2 Å². The maximum atomic E-state index is 13.6. The van der Waals surface area contributed by atoms with Crippen LogP contribution in [0.1, 0.15) is 369 Å². The molecule has 2 aliphatic heterocycles. The summed E-state index contributed by atoms with van der Waals surface area (Å²) in [5.41, 5.74) is 0. The van der Waals surface area contributed by atoms with Gasteiger partial charge >= 0.3 is 47.8 Å². The van der Waals surface area contributed by atoms with Gasteiger partial charge in [0, 0.05) is 19.3 Å². The second kappa shape index (κ2) is 68.5. The van der Waals surface area contributed by atoms with Gasteiger partial charge in [-0.1, -0.05) is 314 Å². The Hall–Kier alpha value is -5.80. The molecule has 0 saturated carbocycles. The van der Waals surface area contributed by atoms with Crippen LogP contribution in [0.2, 0.25) is 0 Å². The van der Waals surface area contributed by atoms with Crippen molar-refractivity contribution in [2.24, 2.45) is 41.4 Å². The average Bonchev–Trinajstić information content (AvgIpc) is 1.48. The molecular formula is C90H150O16. The molecule has 606 valence electrons. The minimum Gasteiger partial charge on any atom is -0.465 e. The van der Waals surface area contributed by atoms with Crippen molar-refractivity contribution >= 4 is 47.8 Å². The smallest absolute Gasteiger partial charge is 0.313 e. The van der Waals surface area contributed by atoms with Crippen molar-refractivity contribution in [1.29, 1.82) is 0 Å². The molecule has 2 saturated heterocycles. The zero-order chi connectivity index (χ0) is 77.0. The lowest BCUT2D eigenvalue weighted by molar-refractivity contribution is -0.167. The third kappa shape index (κ3) is 53.1. The van der Waals surface area contributed by atoms with Gasteiger partial charge < -0.3 is 37.9 Å². The van der Waals surface area contributed by atoms with E-state index >= 15 is 0 Å². The van der Waals surface area contributed by atoms with Crippen molar-refractivity contribution in [2.45, 2.75) is 375 Å². The molecule has 0 amide bonds. The van der Waals surface area contributed by atoms with Gasteiger partial charge in [0.2, 0.25) is 13.6 Å². The molecule has 0 aromatic carbocycles. The van der Waals surface area contributed by atoms with Crippen molar-refractivity contribution in [3.05, 3.63) is 72.9 Å². The van der Waals surface area contributed by atoms with Crippen LogP contribution in [0.15, 0.2) is 72.9 Å². The number of hydrogen-bond acceptors (Lipinski definition) is 16. The molecule has 16 nitrogen and oxygen atoms in total. The standard InChI is InChI=1S/C90H150O16/c1-7-12-16-19-22-32-40-50-59-76(58-49-39-20-17-13-8-2)70-101-88(96)75(6)78(61-48-15-10-4)62-52-43-34-29-27-31-36-46-56-66-84(92)100-72-80(106-85(93)67-57-47-38-37-44-54-64-79(63-53-41-21-18-14-9-3)82-69-87(95)103-74-105-90(82)98)71-99-83(91)65-55-45-35-30-26-24-23-25-28-33-42-51-60-77(11-5)81-68-86(94)102-73-104-89(81)97/h23,25,33-34,42-43,51-52,54,60,62,64,75-82H,7-22,24,26-32,35-41,44-50,53,55-59,61,63,65-74H2,1-6H3/b25-23-,42-33-,43-34-,60-51+,62-52+,64-54+. The van der Waals surface area contributed by atoms with Gasteiger partial charge in [0.25, 0.3) is 0 Å². The fourth-order valence-corrected chi connectivity index (χ4v) is 13.9. The van der Waals surface area contributed by atoms with Gasteiger partial charge in [0.05, 0.1) is 37.2 Å². The highest BCUT2D eigenvalue weighted by atomic mass is 16.7. The van der Waals surface area contributed by atoms with E-state index in [1.807, 2.05) is 31.2 Å². The highest BCUT2D eigenvalue weighted by Gasteiger charge is 2.35. The van der Waals surface area contributed by atoms with Gasteiger partial charge in [-0.05, 0) is 120 Å². The summed E-state index contributed by atoms with van der Waals surface area (Å²) in [6.07, 6.45) is 73.8. The molecule has 16 heteroatoms. The Morgan fingerprint density at radius 1 is 0.387 bits per heavy atom. The lowest BCUT2D eigenvalue weighted by atomic mass is 9.84. The summed E-state index contributed by atoms with van der Waals surface area (Å²) in [4.78, 5) is 102. The third-order valence-electron chi connectivity index (χ3n) is 20.9. The second-order valence-corrected chi connectivity index (χ2v) is 30.2. The summed E-state index contributed by atoms with van der Waals surface area (Å²) in [5.74, 6) is -3.80. The summed E-state index contributed by atoms with van der Waals surface area (Å²) in [6, 6.07) is 0. The fourth-order valence-electron chi connectivity index (χ4n) is 13.9. The molecule has 2 rings (SSSR count). The molecule has 0 aromatic heterocycles. The summed E-state index contributed by atoms with van der Waals surface area (Å²) in [7, 11) is 0. The molecule has 8 atom stereocenters. The summed E-state index contributed by atoms with van der Waals surface area (Å²) in [6.45, 7) is 12.5. The highest BCUT2D eigenvalue weighted by Crippen LogP contribution is 2.30. The van der Waals surface area contributed by atoms with Crippen molar-refractivity contribution < 1.29 is 76.3 Å². The number of esters is 8. The van der Waals surface area contributed by atoms with Gasteiger partial charge in [-0.3, -0.25) is 38.4 Å². The van der Waals surface area contributed by atoms with E-state index in [0.717, 1.165) is 161 Å². The normalized spacial score (nSPS) is 17.0. The molecule has 8 unspecified atom stereocenters. The number of hydrogen-bond donors (Lipinski definition) is 0. The first kappa shape index (κ1) is 96.3. The maximum absolute atomic E-state index is 13.6. The molecule has 0 spiro atoms. The van der Waals surface area contributed by atoms with Crippen LogP contribution in [0.5, 0.6) is 0 Å². The lowest BCUT2D eigenvalue weighted by Crippen LogP contribution is -2.30. The van der Waals surface area contributed by atoms with Crippen LogP contribution in [0.4, 0.5) is 0 Å². The number of allylic oxidation sites excluding steroid dienone is 12. The lowest BCUT2D eigenvalue weighted by Gasteiger charge is -2.22. The van der Waals surface area contributed by atoms with Crippen molar-refractivity contribution in [2.75, 3.05) is 33.4 Å². The van der Waals surface area contributed by atoms with E-state index < -0.39 is 41.8 Å². The number of cyclic esters (lactones) is 4. The van der Waals surface area contributed by atoms with E-state index in [-0.39, 0.29) is 106 Å². The van der Waals surface area contributed by atoms with E-state index in [4.69, 9.17) is 37.9 Å². The van der Waals surface area contributed by atoms with E-state index in [9.17, 15) is 38.4 Å². The van der Waals surface area contributed by atoms with Crippen LogP contribution < -0.4 is 0 Å². The second-order valence-electron chi connectivity index (χ2n) is 30.2.